The Bertz CT molecular complexity index is 974. The first kappa shape index (κ1) is 17.3. The van der Waals surface area contributed by atoms with Crippen LogP contribution in [0.5, 0.6) is 0 Å². The molecule has 7 heteroatoms. The van der Waals surface area contributed by atoms with Crippen molar-refractivity contribution < 1.29 is 9.53 Å². The van der Waals surface area contributed by atoms with Gasteiger partial charge >= 0.3 is 0 Å². The van der Waals surface area contributed by atoms with Crippen LogP contribution < -0.4 is 5.32 Å². The number of nitrogens with one attached hydrogen (secondary N) is 1. The molecule has 1 N–H and O–H groups in total. The van der Waals surface area contributed by atoms with Gasteiger partial charge in [-0.25, -0.2) is 0 Å². The molecule has 2 aromatic heterocycles. The smallest absolute Gasteiger partial charge is 0.255 e. The van der Waals surface area contributed by atoms with Crippen molar-refractivity contribution in [2.75, 3.05) is 11.9 Å². The Labute approximate surface area is 160 Å². The molecule has 1 aliphatic rings. The minimum atomic E-state index is -0.278. The van der Waals surface area contributed by atoms with E-state index in [9.17, 15) is 4.79 Å². The first-order chi connectivity index (χ1) is 12.5. The molecule has 0 saturated carbocycles. The van der Waals surface area contributed by atoms with Crippen molar-refractivity contribution in [3.63, 3.8) is 0 Å². The molecule has 1 unspecified atom stereocenters. The highest BCUT2D eigenvalue weighted by atomic mass is 35.5. The fourth-order valence-electron chi connectivity index (χ4n) is 3.30. The third-order valence-electron chi connectivity index (χ3n) is 4.60. The molecule has 4 rings (SSSR count). The number of carbonyl (C=O) groups excluding carboxylic acids is 1. The van der Waals surface area contributed by atoms with Crippen molar-refractivity contribution in [3.05, 3.63) is 58.0 Å². The van der Waals surface area contributed by atoms with Gasteiger partial charge in [0.25, 0.3) is 5.91 Å². The van der Waals surface area contributed by atoms with E-state index in [4.69, 9.17) is 27.9 Å². The number of fused-ring (bicyclic) bond motifs is 1. The minimum Gasteiger partial charge on any atom is -0.358 e. The van der Waals surface area contributed by atoms with Crippen LogP contribution in [0.25, 0.3) is 10.9 Å². The maximum Gasteiger partial charge on any atom is 0.255 e. The number of anilines is 1. The molecule has 0 bridgehead atoms. The molecule has 5 nitrogen and oxygen atoms in total. The number of rotatable bonds is 3. The van der Waals surface area contributed by atoms with Crippen LogP contribution in [0.1, 0.15) is 35.0 Å². The van der Waals surface area contributed by atoms with Crippen molar-refractivity contribution in [1.29, 1.82) is 0 Å². The normalized spacial score (nSPS) is 17.0. The van der Waals surface area contributed by atoms with Gasteiger partial charge in [0, 0.05) is 36.1 Å². The summed E-state index contributed by atoms with van der Waals surface area (Å²) < 4.78 is 7.92. The van der Waals surface area contributed by atoms with Crippen molar-refractivity contribution in [1.82, 2.24) is 9.55 Å². The van der Waals surface area contributed by atoms with Gasteiger partial charge in [0.15, 0.2) is 0 Å². The molecule has 26 heavy (non-hydrogen) atoms. The van der Waals surface area contributed by atoms with E-state index in [1.807, 2.05) is 12.1 Å². The first-order valence-corrected chi connectivity index (χ1v) is 9.13. The number of hydrogen-bond acceptors (Lipinski definition) is 3. The van der Waals surface area contributed by atoms with Crippen molar-refractivity contribution >= 4 is 45.7 Å². The van der Waals surface area contributed by atoms with E-state index in [1.54, 1.807) is 6.07 Å². The fraction of sp³-hybridized carbons (Fsp3) is 0.263. The summed E-state index contributed by atoms with van der Waals surface area (Å²) in [5, 5.41) is 4.47. The number of ether oxygens (including phenoxy) is 1. The number of nitrogens with zero attached hydrogens (tertiary/aromatic N) is 2. The number of amides is 1. The van der Waals surface area contributed by atoms with E-state index in [2.05, 4.69) is 28.0 Å². The molecule has 1 amide bonds. The van der Waals surface area contributed by atoms with Crippen molar-refractivity contribution in [3.8, 4) is 0 Å². The zero-order chi connectivity index (χ0) is 18.3. The van der Waals surface area contributed by atoms with Gasteiger partial charge in [0.1, 0.15) is 6.23 Å². The molecule has 3 heterocycles. The standard InChI is InChI=1S/C19H17Cl2N3O2/c1-11-10-24(17-3-2-6-26-17)16-7-12(4-5-13(11)16)19(25)23-18-14(20)8-22-9-15(18)21/h4-5,7-10,17H,2-3,6H2,1H3,(H,22,23,25). The Morgan fingerprint density at radius 3 is 2.77 bits per heavy atom. The third-order valence-corrected chi connectivity index (χ3v) is 5.18. The number of aromatic nitrogens is 2. The van der Waals surface area contributed by atoms with Crippen LogP contribution in [0.3, 0.4) is 0 Å². The molecular formula is C19H17Cl2N3O2. The Kier molecular flexibility index (Phi) is 4.61. The lowest BCUT2D eigenvalue weighted by atomic mass is 10.1. The van der Waals surface area contributed by atoms with Crippen LogP contribution in [0.4, 0.5) is 5.69 Å². The zero-order valence-electron chi connectivity index (χ0n) is 14.1. The summed E-state index contributed by atoms with van der Waals surface area (Å²) in [6.45, 7) is 2.83. The summed E-state index contributed by atoms with van der Waals surface area (Å²) in [6, 6.07) is 5.64. The Hall–Kier alpha value is -2.08. The highest BCUT2D eigenvalue weighted by Gasteiger charge is 2.21. The predicted octanol–water partition coefficient (Wildman–Crippen LogP) is 5.21. The van der Waals surface area contributed by atoms with Crippen LogP contribution >= 0.6 is 23.2 Å². The lowest BCUT2D eigenvalue weighted by molar-refractivity contribution is 0.0600. The second-order valence-electron chi connectivity index (χ2n) is 6.35. The number of halogens is 2. The lowest BCUT2D eigenvalue weighted by Gasteiger charge is -2.14. The molecule has 134 valence electrons. The Morgan fingerprint density at radius 2 is 2.08 bits per heavy atom. The van der Waals surface area contributed by atoms with Crippen LogP contribution in [-0.4, -0.2) is 22.1 Å². The number of aryl methyl sites for hydroxylation is 1. The fourth-order valence-corrected chi connectivity index (χ4v) is 3.76. The molecular weight excluding hydrogens is 373 g/mol. The molecule has 1 saturated heterocycles. The molecule has 0 aliphatic carbocycles. The molecule has 0 radical (unpaired) electrons. The predicted molar refractivity (Wildman–Crippen MR) is 103 cm³/mol. The molecule has 0 spiro atoms. The summed E-state index contributed by atoms with van der Waals surface area (Å²) in [4.78, 5) is 16.6. The topological polar surface area (TPSA) is 56.1 Å². The van der Waals surface area contributed by atoms with Crippen LogP contribution in [0, 0.1) is 6.92 Å². The second-order valence-corrected chi connectivity index (χ2v) is 7.17. The van der Waals surface area contributed by atoms with Gasteiger partial charge in [-0.05, 0) is 37.5 Å². The molecule has 3 aromatic rings. The summed E-state index contributed by atoms with van der Waals surface area (Å²) in [7, 11) is 0. The van der Waals surface area contributed by atoms with Gasteiger partial charge in [-0.2, -0.15) is 0 Å². The van der Waals surface area contributed by atoms with Gasteiger partial charge in [-0.15, -0.1) is 0 Å². The van der Waals surface area contributed by atoms with Crippen LogP contribution in [0.15, 0.2) is 36.8 Å². The minimum absolute atomic E-state index is 0.0218. The van der Waals surface area contributed by atoms with Crippen LogP contribution in [0.2, 0.25) is 10.0 Å². The van der Waals surface area contributed by atoms with Gasteiger partial charge in [-0.1, -0.05) is 29.3 Å². The maximum absolute atomic E-state index is 12.7. The van der Waals surface area contributed by atoms with Gasteiger partial charge in [0.05, 0.1) is 21.2 Å². The molecule has 1 aliphatic heterocycles. The Balaban J connectivity index is 1.70. The quantitative estimate of drug-likeness (QED) is 0.668. The highest BCUT2D eigenvalue weighted by molar-refractivity contribution is 6.39. The van der Waals surface area contributed by atoms with Crippen molar-refractivity contribution in [2.45, 2.75) is 26.0 Å². The molecule has 1 aromatic carbocycles. The summed E-state index contributed by atoms with van der Waals surface area (Å²) >= 11 is 12.2. The number of carbonyl (C=O) groups is 1. The van der Waals surface area contributed by atoms with Crippen LogP contribution in [-0.2, 0) is 4.74 Å². The van der Waals surface area contributed by atoms with E-state index in [0.717, 1.165) is 35.9 Å². The highest BCUT2D eigenvalue weighted by Crippen LogP contribution is 2.32. The van der Waals surface area contributed by atoms with E-state index < -0.39 is 0 Å². The average molecular weight is 390 g/mol. The number of benzene rings is 1. The summed E-state index contributed by atoms with van der Waals surface area (Å²) in [6.07, 6.45) is 7.01. The zero-order valence-corrected chi connectivity index (χ0v) is 15.6. The summed E-state index contributed by atoms with van der Waals surface area (Å²) in [5.41, 5.74) is 3.02. The number of hydrogen-bond donors (Lipinski definition) is 1. The lowest BCUT2D eigenvalue weighted by Crippen LogP contribution is -2.13. The van der Waals surface area contributed by atoms with Gasteiger partial charge in [-0.3, -0.25) is 9.78 Å². The molecule has 1 fully saturated rings. The second kappa shape index (κ2) is 6.91. The van der Waals surface area contributed by atoms with E-state index in [-0.39, 0.29) is 12.1 Å². The Morgan fingerprint density at radius 1 is 1.31 bits per heavy atom. The third kappa shape index (κ3) is 3.07. The van der Waals surface area contributed by atoms with Gasteiger partial charge < -0.3 is 14.6 Å². The van der Waals surface area contributed by atoms with E-state index in [0.29, 0.717) is 21.3 Å². The average Bonchev–Trinajstić information content (AvgIpc) is 3.26. The molecule has 1 atom stereocenters. The SMILES string of the molecule is Cc1cn(C2CCCO2)c2cc(C(=O)Nc3c(Cl)cncc3Cl)ccc12. The summed E-state index contributed by atoms with van der Waals surface area (Å²) in [5.74, 6) is -0.278. The van der Waals surface area contributed by atoms with E-state index >= 15 is 0 Å². The first-order valence-electron chi connectivity index (χ1n) is 8.38. The monoisotopic (exact) mass is 389 g/mol. The van der Waals surface area contributed by atoms with E-state index in [1.165, 1.54) is 12.4 Å². The maximum atomic E-state index is 12.7. The largest absolute Gasteiger partial charge is 0.358 e. The van der Waals surface area contributed by atoms with Gasteiger partial charge in [0.2, 0.25) is 0 Å². The number of pyridine rings is 1. The van der Waals surface area contributed by atoms with Crippen molar-refractivity contribution in [2.24, 2.45) is 0 Å².